The number of carbonyl (C=O) groups is 2. The van der Waals surface area contributed by atoms with E-state index in [1.165, 1.54) is 17.0 Å². The fraction of sp³-hybridized carbons (Fsp3) is 0.304. The van der Waals surface area contributed by atoms with Gasteiger partial charge in [0, 0.05) is 20.1 Å². The normalized spacial score (nSPS) is 14.2. The van der Waals surface area contributed by atoms with E-state index in [0.717, 1.165) is 22.3 Å². The Morgan fingerprint density at radius 2 is 1.72 bits per heavy atom. The summed E-state index contributed by atoms with van der Waals surface area (Å²) in [5.41, 5.74) is 4.21. The van der Waals surface area contributed by atoms with Crippen molar-refractivity contribution < 1.29 is 19.1 Å². The maximum absolute atomic E-state index is 13.2. The third kappa shape index (κ3) is 4.22. The number of nitrogens with zero attached hydrogens (tertiary/aromatic N) is 2. The number of aliphatic hydroxyl groups excluding tert-OH is 1. The standard InChI is InChI=1S/C23H25FN2O3/c1-15-4-9-19(16(2)14-15)20-21(25(3)12-13-27)23(29)26(22(20)28)11-10-17-5-7-18(24)8-6-17/h4-9,14,27H,10-13H2,1-3H3. The van der Waals surface area contributed by atoms with Crippen LogP contribution in [0.3, 0.4) is 0 Å². The molecule has 2 aromatic rings. The predicted molar refractivity (Wildman–Crippen MR) is 109 cm³/mol. The highest BCUT2D eigenvalue weighted by Crippen LogP contribution is 2.33. The molecule has 0 aliphatic carbocycles. The first-order chi connectivity index (χ1) is 13.8. The van der Waals surface area contributed by atoms with Crippen molar-refractivity contribution in [2.24, 2.45) is 0 Å². The summed E-state index contributed by atoms with van der Waals surface area (Å²) in [6.45, 7) is 4.21. The lowest BCUT2D eigenvalue weighted by atomic mass is 9.97. The fourth-order valence-corrected chi connectivity index (χ4v) is 3.61. The summed E-state index contributed by atoms with van der Waals surface area (Å²) in [7, 11) is 1.70. The Balaban J connectivity index is 1.94. The van der Waals surface area contributed by atoms with Crippen LogP contribution in [-0.4, -0.2) is 53.5 Å². The molecule has 29 heavy (non-hydrogen) atoms. The quantitative estimate of drug-likeness (QED) is 0.731. The predicted octanol–water partition coefficient (Wildman–Crippen LogP) is 2.69. The largest absolute Gasteiger partial charge is 0.395 e. The Labute approximate surface area is 170 Å². The van der Waals surface area contributed by atoms with Crippen LogP contribution < -0.4 is 0 Å². The lowest BCUT2D eigenvalue weighted by molar-refractivity contribution is -0.137. The molecule has 0 aromatic heterocycles. The van der Waals surface area contributed by atoms with Crippen LogP contribution in [0.4, 0.5) is 4.39 Å². The van der Waals surface area contributed by atoms with Crippen molar-refractivity contribution in [2.45, 2.75) is 20.3 Å². The number of imide groups is 1. The Morgan fingerprint density at radius 1 is 1.03 bits per heavy atom. The number of hydrogen-bond acceptors (Lipinski definition) is 4. The van der Waals surface area contributed by atoms with Gasteiger partial charge in [0.1, 0.15) is 11.5 Å². The number of benzene rings is 2. The Kier molecular flexibility index (Phi) is 6.13. The first kappa shape index (κ1) is 20.7. The number of aliphatic hydroxyl groups is 1. The maximum atomic E-state index is 13.2. The molecule has 0 atom stereocenters. The molecule has 0 fully saturated rings. The Morgan fingerprint density at radius 3 is 2.34 bits per heavy atom. The molecule has 0 saturated heterocycles. The number of aryl methyl sites for hydroxylation is 2. The van der Waals surface area contributed by atoms with E-state index in [1.807, 2.05) is 32.0 Å². The SMILES string of the molecule is Cc1ccc(C2=C(N(C)CCO)C(=O)N(CCc3ccc(F)cc3)C2=O)c(C)c1. The first-order valence-corrected chi connectivity index (χ1v) is 9.58. The molecule has 0 radical (unpaired) electrons. The topological polar surface area (TPSA) is 60.9 Å². The van der Waals surface area contributed by atoms with E-state index in [4.69, 9.17) is 0 Å². The van der Waals surface area contributed by atoms with E-state index in [1.54, 1.807) is 24.1 Å². The van der Waals surface area contributed by atoms with Crippen LogP contribution in [0.2, 0.25) is 0 Å². The summed E-state index contributed by atoms with van der Waals surface area (Å²) >= 11 is 0. The molecule has 2 aromatic carbocycles. The zero-order valence-corrected chi connectivity index (χ0v) is 16.9. The Bertz CT molecular complexity index is 967. The molecule has 5 nitrogen and oxygen atoms in total. The van der Waals surface area contributed by atoms with Gasteiger partial charge in [-0.2, -0.15) is 0 Å². The van der Waals surface area contributed by atoms with E-state index >= 15 is 0 Å². The molecule has 1 N–H and O–H groups in total. The van der Waals surface area contributed by atoms with E-state index in [0.29, 0.717) is 17.7 Å². The van der Waals surface area contributed by atoms with E-state index in [2.05, 4.69) is 0 Å². The third-order valence-electron chi connectivity index (χ3n) is 5.15. The van der Waals surface area contributed by atoms with Gasteiger partial charge in [0.15, 0.2) is 0 Å². The van der Waals surface area contributed by atoms with E-state index in [9.17, 15) is 19.1 Å². The minimum atomic E-state index is -0.372. The highest BCUT2D eigenvalue weighted by Gasteiger charge is 2.40. The average Bonchev–Trinajstić information content (AvgIpc) is 2.92. The summed E-state index contributed by atoms with van der Waals surface area (Å²) < 4.78 is 13.1. The smallest absolute Gasteiger partial charge is 0.277 e. The lowest BCUT2D eigenvalue weighted by Crippen LogP contribution is -2.36. The van der Waals surface area contributed by atoms with Crippen molar-refractivity contribution >= 4 is 17.4 Å². The van der Waals surface area contributed by atoms with Crippen LogP contribution in [-0.2, 0) is 16.0 Å². The van der Waals surface area contributed by atoms with Gasteiger partial charge in [0.25, 0.3) is 11.8 Å². The van der Waals surface area contributed by atoms with E-state index < -0.39 is 0 Å². The highest BCUT2D eigenvalue weighted by atomic mass is 19.1. The summed E-state index contributed by atoms with van der Waals surface area (Å²) in [4.78, 5) is 29.2. The van der Waals surface area contributed by atoms with Crippen molar-refractivity contribution in [1.82, 2.24) is 9.80 Å². The van der Waals surface area contributed by atoms with Gasteiger partial charge in [-0.3, -0.25) is 14.5 Å². The first-order valence-electron chi connectivity index (χ1n) is 9.58. The van der Waals surface area contributed by atoms with Gasteiger partial charge in [0.2, 0.25) is 0 Å². The average molecular weight is 396 g/mol. The summed E-state index contributed by atoms with van der Waals surface area (Å²) in [5, 5.41) is 9.33. The second-order valence-electron chi connectivity index (χ2n) is 7.33. The van der Waals surface area contributed by atoms with Crippen LogP contribution in [0.5, 0.6) is 0 Å². The number of rotatable bonds is 7. The molecule has 6 heteroatoms. The second-order valence-corrected chi connectivity index (χ2v) is 7.33. The number of hydrogen-bond donors (Lipinski definition) is 1. The maximum Gasteiger partial charge on any atom is 0.277 e. The minimum absolute atomic E-state index is 0.128. The molecular weight excluding hydrogens is 371 g/mol. The summed E-state index contributed by atoms with van der Waals surface area (Å²) in [6.07, 6.45) is 0.439. The Hall–Kier alpha value is -2.99. The molecule has 3 rings (SSSR count). The van der Waals surface area contributed by atoms with Gasteiger partial charge in [0.05, 0.1) is 12.2 Å². The fourth-order valence-electron chi connectivity index (χ4n) is 3.61. The van der Waals surface area contributed by atoms with E-state index in [-0.39, 0.29) is 37.3 Å². The van der Waals surface area contributed by atoms with Crippen molar-refractivity contribution in [3.63, 3.8) is 0 Å². The summed E-state index contributed by atoms with van der Waals surface area (Å²) in [6, 6.07) is 11.8. The van der Waals surface area contributed by atoms with Crippen LogP contribution in [0.25, 0.3) is 5.57 Å². The zero-order valence-electron chi connectivity index (χ0n) is 16.9. The molecule has 0 unspecified atom stereocenters. The molecule has 1 aliphatic rings. The number of likely N-dealkylation sites (N-methyl/N-ethyl adjacent to an activating group) is 1. The third-order valence-corrected chi connectivity index (χ3v) is 5.15. The highest BCUT2D eigenvalue weighted by molar-refractivity contribution is 6.35. The molecule has 1 aliphatic heterocycles. The molecule has 0 saturated carbocycles. The van der Waals surface area contributed by atoms with Crippen molar-refractivity contribution in [3.8, 4) is 0 Å². The van der Waals surface area contributed by atoms with Crippen LogP contribution in [0.1, 0.15) is 22.3 Å². The van der Waals surface area contributed by atoms with Crippen LogP contribution in [0, 0.1) is 19.7 Å². The van der Waals surface area contributed by atoms with Crippen LogP contribution >= 0.6 is 0 Å². The molecular formula is C23H25FN2O3. The number of amides is 2. The number of halogens is 1. The zero-order chi connectivity index (χ0) is 21.1. The van der Waals surface area contributed by atoms with Crippen LogP contribution in [0.15, 0.2) is 48.2 Å². The lowest BCUT2D eigenvalue weighted by Gasteiger charge is -2.20. The second kappa shape index (κ2) is 8.57. The molecule has 2 amide bonds. The van der Waals surface area contributed by atoms with Gasteiger partial charge in [-0.05, 0) is 49.1 Å². The van der Waals surface area contributed by atoms with Gasteiger partial charge >= 0.3 is 0 Å². The number of carbonyl (C=O) groups excluding carboxylic acids is 2. The molecule has 152 valence electrons. The van der Waals surface area contributed by atoms with Gasteiger partial charge in [-0.1, -0.05) is 35.9 Å². The minimum Gasteiger partial charge on any atom is -0.395 e. The van der Waals surface area contributed by atoms with Crippen molar-refractivity contribution in [3.05, 3.63) is 76.2 Å². The van der Waals surface area contributed by atoms with Crippen molar-refractivity contribution in [1.29, 1.82) is 0 Å². The van der Waals surface area contributed by atoms with Crippen molar-refractivity contribution in [2.75, 3.05) is 26.7 Å². The molecule has 0 bridgehead atoms. The molecule has 0 spiro atoms. The monoisotopic (exact) mass is 396 g/mol. The van der Waals surface area contributed by atoms with Gasteiger partial charge < -0.3 is 10.0 Å². The summed E-state index contributed by atoms with van der Waals surface area (Å²) in [5.74, 6) is -1.04. The van der Waals surface area contributed by atoms with Gasteiger partial charge in [-0.15, -0.1) is 0 Å². The molecule has 1 heterocycles. The van der Waals surface area contributed by atoms with Gasteiger partial charge in [-0.25, -0.2) is 4.39 Å².